The van der Waals surface area contributed by atoms with Crippen LogP contribution in [0.1, 0.15) is 172 Å². The van der Waals surface area contributed by atoms with Crippen LogP contribution in [0, 0.1) is 10.8 Å². The number of nitrogens with two attached hydrogens (primary N) is 1. The van der Waals surface area contributed by atoms with Crippen molar-refractivity contribution in [2.45, 2.75) is 138 Å². The first kappa shape index (κ1) is 60.5. The van der Waals surface area contributed by atoms with E-state index in [1.165, 1.54) is 30.4 Å². The van der Waals surface area contributed by atoms with E-state index in [1.54, 1.807) is 0 Å². The Balaban J connectivity index is 0.000000181. The molecule has 91 heavy (non-hydrogen) atoms. The maximum Gasteiger partial charge on any atom is 0.203 e. The summed E-state index contributed by atoms with van der Waals surface area (Å²) < 4.78 is 2.00. The average molecular weight is 1200 g/mol. The number of nitrogens with one attached hydrogen (secondary N) is 2. The zero-order valence-corrected chi connectivity index (χ0v) is 51.4. The Bertz CT molecular complexity index is 4130. The van der Waals surface area contributed by atoms with Crippen LogP contribution in [0.3, 0.4) is 0 Å². The molecule has 460 valence electrons. The lowest BCUT2D eigenvalue weighted by Crippen LogP contribution is -2.45. The number of hydrogen-bond donors (Lipinski definition) is 3. The summed E-state index contributed by atoms with van der Waals surface area (Å²) in [6, 6.07) is 78.1. The number of Topliss-reactive ketones (excluding diaryl/α,β-unsaturated/α-hetero) is 2. The van der Waals surface area contributed by atoms with Gasteiger partial charge in [0, 0.05) is 44.6 Å². The molecule has 7 aromatic carbocycles. The maximum absolute atomic E-state index is 14.5. The van der Waals surface area contributed by atoms with Crippen LogP contribution in [0.5, 0.6) is 0 Å². The van der Waals surface area contributed by atoms with Crippen molar-refractivity contribution in [3.63, 3.8) is 0 Å². The number of carbonyl (C=O) groups excluding carboxylic acids is 2. The number of H-pyrrole nitrogens is 1. The molecule has 4 bridgehead atoms. The molecule has 4 aromatic heterocycles. The SMILES string of the molecule is C.CNc1cc([C@H](CC(=O)CC23CCC(c4ccccc4)(CC2)CC3)c2ccccc2)c2nnn(C(c3ccccc3)(c3ccccc3)c3ccccc3)c2n1.Nc1cc([C@H](CC(=O)CC23CCC(c4ccccc4)(CC2)CC3)c2ccccc2)c2n[nH]nc2n1. The first-order valence-electron chi connectivity index (χ1n) is 32.4. The van der Waals surface area contributed by atoms with E-state index < -0.39 is 5.54 Å². The predicted molar refractivity (Wildman–Crippen MR) is 364 cm³/mol. The van der Waals surface area contributed by atoms with Gasteiger partial charge in [0.25, 0.3) is 0 Å². The molecule has 6 aliphatic rings. The molecule has 6 fully saturated rings. The number of pyridine rings is 2. The van der Waals surface area contributed by atoms with Crippen molar-refractivity contribution in [3.05, 3.63) is 275 Å². The number of fused-ring (bicyclic) bond motifs is 8. The third-order valence-electron chi connectivity index (χ3n) is 21.7. The quantitative estimate of drug-likeness (QED) is 0.0662. The zero-order chi connectivity index (χ0) is 61.2. The fraction of sp³-hybridized carbons (Fsp3) is 0.316. The minimum atomic E-state index is -0.886. The van der Waals surface area contributed by atoms with Crippen LogP contribution in [0.25, 0.3) is 22.3 Å². The maximum atomic E-state index is 14.5. The summed E-state index contributed by atoms with van der Waals surface area (Å²) in [5.41, 5.74) is 18.7. The number of nitrogen functional groups attached to an aromatic ring is 1. The van der Waals surface area contributed by atoms with Gasteiger partial charge in [0.05, 0.1) is 0 Å². The zero-order valence-electron chi connectivity index (χ0n) is 51.4. The summed E-state index contributed by atoms with van der Waals surface area (Å²) >= 11 is 0. The van der Waals surface area contributed by atoms with E-state index in [4.69, 9.17) is 21.0 Å². The fourth-order valence-electron chi connectivity index (χ4n) is 16.7. The first-order chi connectivity index (χ1) is 44.1. The van der Waals surface area contributed by atoms with Gasteiger partial charge in [0.1, 0.15) is 39.8 Å². The summed E-state index contributed by atoms with van der Waals surface area (Å²) in [5, 5.41) is 24.5. The second kappa shape index (κ2) is 25.5. The van der Waals surface area contributed by atoms with E-state index in [9.17, 15) is 9.59 Å². The molecular weight excluding hydrogens is 1120 g/mol. The van der Waals surface area contributed by atoms with Gasteiger partial charge in [-0.2, -0.15) is 10.3 Å². The van der Waals surface area contributed by atoms with Crippen molar-refractivity contribution in [1.29, 1.82) is 0 Å². The Hall–Kier alpha value is -9.42. The molecule has 0 unspecified atom stereocenters. The van der Waals surface area contributed by atoms with Crippen molar-refractivity contribution in [2.75, 3.05) is 18.1 Å². The van der Waals surface area contributed by atoms with Crippen LogP contribution in [-0.4, -0.2) is 59.0 Å². The van der Waals surface area contributed by atoms with Gasteiger partial charge in [-0.3, -0.25) is 9.59 Å². The highest BCUT2D eigenvalue weighted by Crippen LogP contribution is 2.61. The number of benzene rings is 7. The lowest BCUT2D eigenvalue weighted by molar-refractivity contribution is -0.124. The van der Waals surface area contributed by atoms with Gasteiger partial charge in [-0.25, -0.2) is 14.6 Å². The van der Waals surface area contributed by atoms with Gasteiger partial charge in [-0.05, 0) is 161 Å². The van der Waals surface area contributed by atoms with Gasteiger partial charge >= 0.3 is 0 Å². The average Bonchev–Trinajstić information content (AvgIpc) is 1.72. The molecule has 6 aliphatic carbocycles. The lowest BCUT2D eigenvalue weighted by atomic mass is 9.51. The summed E-state index contributed by atoms with van der Waals surface area (Å²) in [5.74, 6) is 1.39. The molecule has 12 heteroatoms. The molecule has 2 atom stereocenters. The molecule has 0 amide bonds. The molecule has 4 heterocycles. The third-order valence-corrected chi connectivity index (χ3v) is 21.7. The Labute approximate surface area is 534 Å². The number of anilines is 2. The first-order valence-corrected chi connectivity index (χ1v) is 32.4. The topological polar surface area (TPSA) is 170 Å². The highest BCUT2D eigenvalue weighted by Gasteiger charge is 2.52. The number of hydrogen-bond acceptors (Lipinski definition) is 10. The van der Waals surface area contributed by atoms with Crippen LogP contribution in [0.15, 0.2) is 224 Å². The van der Waals surface area contributed by atoms with Gasteiger partial charge in [-0.1, -0.05) is 225 Å². The Morgan fingerprint density at radius 3 is 1.30 bits per heavy atom. The standard InChI is InChI=1S/C49H47N5O.C29H31N5O.CH4/c1-50-44-34-43(42(36-17-7-2-8-18-36)33-41(55)35-47-27-30-48(31-28-47,32-29-47)37-19-9-3-10-20-37)45-46(51-44)54(53-52-45)49(38-21-11-4-12-22-38,39-23-13-5-14-24-39)40-25-15-6-16-26-40;30-25-18-24(26-27(31-25)33-34-32-26)23(20-7-3-1-4-8-20)17-22(35)19-28-11-14-29(15-12-28,16-13-28)21-9-5-2-6-10-21;/h2-26,34,42H,27-33,35H2,1H3,(H,50,51);1-10,18,23H,11-17,19H2,(H3,30,31,32,33,34);1H4/t42-,47?,48?;23-,28?,29?;/m11./s1. The van der Waals surface area contributed by atoms with E-state index in [-0.39, 0.29) is 35.5 Å². The second-order valence-corrected chi connectivity index (χ2v) is 26.5. The molecule has 11 aromatic rings. The molecule has 4 N–H and O–H groups in total. The van der Waals surface area contributed by atoms with E-state index in [0.29, 0.717) is 76.6 Å². The molecule has 0 radical (unpaired) electrons. The second-order valence-electron chi connectivity index (χ2n) is 26.5. The minimum Gasteiger partial charge on any atom is -0.384 e. The number of aromatic nitrogens is 8. The molecule has 0 aliphatic heterocycles. The monoisotopic (exact) mass is 1200 g/mol. The fourth-order valence-corrected chi connectivity index (χ4v) is 16.7. The number of ketones is 2. The summed E-state index contributed by atoms with van der Waals surface area (Å²) in [6.07, 6.45) is 15.9. The Morgan fingerprint density at radius 1 is 0.505 bits per heavy atom. The summed E-state index contributed by atoms with van der Waals surface area (Å²) in [4.78, 5) is 37.7. The molecule has 0 saturated heterocycles. The van der Waals surface area contributed by atoms with E-state index in [0.717, 1.165) is 96.7 Å². The van der Waals surface area contributed by atoms with Crippen LogP contribution in [-0.2, 0) is 26.0 Å². The molecule has 6 saturated carbocycles. The van der Waals surface area contributed by atoms with Crippen LogP contribution in [0.2, 0.25) is 0 Å². The van der Waals surface area contributed by atoms with Crippen molar-refractivity contribution < 1.29 is 9.59 Å². The number of carbonyl (C=O) groups is 2. The van der Waals surface area contributed by atoms with Gasteiger partial charge in [0.15, 0.2) is 5.65 Å². The van der Waals surface area contributed by atoms with E-state index >= 15 is 0 Å². The summed E-state index contributed by atoms with van der Waals surface area (Å²) in [7, 11) is 1.90. The van der Waals surface area contributed by atoms with Gasteiger partial charge < -0.3 is 11.1 Å². The number of rotatable bonds is 19. The number of nitrogens with zero attached hydrogens (tertiary/aromatic N) is 7. The van der Waals surface area contributed by atoms with Crippen LogP contribution < -0.4 is 11.1 Å². The smallest absolute Gasteiger partial charge is 0.203 e. The van der Waals surface area contributed by atoms with Crippen molar-refractivity contribution in [2.24, 2.45) is 10.8 Å². The lowest BCUT2D eigenvalue weighted by Gasteiger charge is -2.54. The molecule has 0 spiro atoms. The highest BCUT2D eigenvalue weighted by atomic mass is 16.1. The van der Waals surface area contributed by atoms with Crippen LogP contribution in [0.4, 0.5) is 11.6 Å². The molecule has 12 nitrogen and oxygen atoms in total. The Morgan fingerprint density at radius 2 is 0.890 bits per heavy atom. The molecular formula is C79H82N10O2. The van der Waals surface area contributed by atoms with E-state index in [1.807, 2.05) is 60.3 Å². The van der Waals surface area contributed by atoms with Crippen molar-refractivity contribution in [1.82, 2.24) is 40.4 Å². The predicted octanol–water partition coefficient (Wildman–Crippen LogP) is 16.8. The summed E-state index contributed by atoms with van der Waals surface area (Å²) in [6.45, 7) is 0. The van der Waals surface area contributed by atoms with Crippen molar-refractivity contribution in [3.8, 4) is 0 Å². The van der Waals surface area contributed by atoms with Crippen LogP contribution >= 0.6 is 0 Å². The minimum absolute atomic E-state index is 0. The number of aromatic amines is 1. The van der Waals surface area contributed by atoms with E-state index in [2.05, 4.69) is 202 Å². The largest absolute Gasteiger partial charge is 0.384 e. The third kappa shape index (κ3) is 11.5. The van der Waals surface area contributed by atoms with Gasteiger partial charge in [0.2, 0.25) is 5.65 Å². The normalized spacial score (nSPS) is 21.5. The van der Waals surface area contributed by atoms with Crippen molar-refractivity contribution >= 4 is 45.5 Å². The molecule has 17 rings (SSSR count). The highest BCUT2D eigenvalue weighted by molar-refractivity contribution is 5.85. The Kier molecular flexibility index (Phi) is 16.9. The van der Waals surface area contributed by atoms with Gasteiger partial charge in [-0.15, -0.1) is 10.2 Å².